The van der Waals surface area contributed by atoms with Crippen LogP contribution in [0.15, 0.2) is 55.2 Å². The minimum Gasteiger partial charge on any atom is -0.326 e. The molecule has 0 spiro atoms. The molecule has 126 valence electrons. The summed E-state index contributed by atoms with van der Waals surface area (Å²) in [6, 6.07) is 8.63. The van der Waals surface area contributed by atoms with Gasteiger partial charge in [-0.15, -0.1) is 0 Å². The maximum atomic E-state index is 4.64. The summed E-state index contributed by atoms with van der Waals surface area (Å²) in [5.74, 6) is 0.966. The molecule has 25 heavy (non-hydrogen) atoms. The summed E-state index contributed by atoms with van der Waals surface area (Å²) in [6.07, 6.45) is 9.75. The van der Waals surface area contributed by atoms with Crippen molar-refractivity contribution >= 4 is 10.9 Å². The Morgan fingerprint density at radius 3 is 2.76 bits per heavy atom. The van der Waals surface area contributed by atoms with Crippen molar-refractivity contribution in [3.8, 4) is 11.4 Å². The molecule has 0 saturated carbocycles. The third-order valence-corrected chi connectivity index (χ3v) is 4.47. The molecule has 0 N–H and O–H groups in total. The lowest BCUT2D eigenvalue weighted by Gasteiger charge is -2.12. The van der Waals surface area contributed by atoms with Crippen LogP contribution in [0.4, 0.5) is 0 Å². The molecular formula is C20H21N5. The van der Waals surface area contributed by atoms with E-state index in [9.17, 15) is 0 Å². The number of fused-ring (bicyclic) bond motifs is 1. The molecule has 1 aromatic carbocycles. The predicted molar refractivity (Wildman–Crippen MR) is 99.4 cm³/mol. The highest BCUT2D eigenvalue weighted by atomic mass is 15.3. The Morgan fingerprint density at radius 1 is 1.08 bits per heavy atom. The summed E-state index contributed by atoms with van der Waals surface area (Å²) in [7, 11) is 0. The minimum atomic E-state index is 0.363. The van der Waals surface area contributed by atoms with Crippen molar-refractivity contribution in [2.75, 3.05) is 0 Å². The largest absolute Gasteiger partial charge is 0.326 e. The van der Waals surface area contributed by atoms with E-state index in [1.165, 1.54) is 11.1 Å². The molecule has 0 unspecified atom stereocenters. The Bertz CT molecular complexity index is 1030. The first kappa shape index (κ1) is 15.6. The lowest BCUT2D eigenvalue weighted by molar-refractivity contribution is 0.532. The number of hydrogen-bond donors (Lipinski definition) is 0. The molecule has 0 fully saturated rings. The molecule has 0 atom stereocenters. The van der Waals surface area contributed by atoms with Gasteiger partial charge in [-0.3, -0.25) is 9.67 Å². The number of aryl methyl sites for hydroxylation is 1. The van der Waals surface area contributed by atoms with E-state index in [0.717, 1.165) is 28.8 Å². The van der Waals surface area contributed by atoms with E-state index >= 15 is 0 Å². The summed E-state index contributed by atoms with van der Waals surface area (Å²) >= 11 is 0. The second kappa shape index (κ2) is 6.16. The van der Waals surface area contributed by atoms with Gasteiger partial charge in [0.05, 0.1) is 18.3 Å². The number of benzene rings is 1. The molecule has 5 nitrogen and oxygen atoms in total. The molecule has 4 rings (SSSR count). The molecule has 0 bridgehead atoms. The van der Waals surface area contributed by atoms with Crippen LogP contribution in [-0.4, -0.2) is 24.3 Å². The third-order valence-electron chi connectivity index (χ3n) is 4.47. The standard InChI is InChI=1S/C20H21N5/c1-14(2)25-13-16(11-23-25)12-24-10-9-22-20(24)19-15(3)6-7-18-17(19)5-4-8-21-18/h4-11,13-14H,12H2,1-3H3. The van der Waals surface area contributed by atoms with Gasteiger partial charge in [0.15, 0.2) is 0 Å². The first-order valence-corrected chi connectivity index (χ1v) is 8.52. The van der Waals surface area contributed by atoms with E-state index in [1.54, 1.807) is 0 Å². The molecule has 0 aliphatic carbocycles. The Kier molecular flexibility index (Phi) is 3.84. The van der Waals surface area contributed by atoms with Gasteiger partial charge in [0.25, 0.3) is 0 Å². The van der Waals surface area contributed by atoms with Gasteiger partial charge in [-0.05, 0) is 38.5 Å². The summed E-state index contributed by atoms with van der Waals surface area (Å²) in [5.41, 5.74) is 4.51. The van der Waals surface area contributed by atoms with Crippen LogP contribution in [0, 0.1) is 6.92 Å². The lowest BCUT2D eigenvalue weighted by Crippen LogP contribution is -2.03. The van der Waals surface area contributed by atoms with Gasteiger partial charge in [0.2, 0.25) is 0 Å². The maximum Gasteiger partial charge on any atom is 0.141 e. The number of imidazole rings is 1. The topological polar surface area (TPSA) is 48.5 Å². The van der Waals surface area contributed by atoms with Crippen LogP contribution in [0.25, 0.3) is 22.3 Å². The molecule has 5 heteroatoms. The molecule has 3 heterocycles. The van der Waals surface area contributed by atoms with Gasteiger partial charge in [-0.1, -0.05) is 12.1 Å². The lowest BCUT2D eigenvalue weighted by atomic mass is 10.0. The van der Waals surface area contributed by atoms with Crippen molar-refractivity contribution in [1.82, 2.24) is 24.3 Å². The highest BCUT2D eigenvalue weighted by Gasteiger charge is 2.14. The van der Waals surface area contributed by atoms with Gasteiger partial charge in [-0.25, -0.2) is 4.98 Å². The van der Waals surface area contributed by atoms with Crippen LogP contribution < -0.4 is 0 Å². The predicted octanol–water partition coefficient (Wildman–Crippen LogP) is 4.23. The van der Waals surface area contributed by atoms with Gasteiger partial charge in [0.1, 0.15) is 5.82 Å². The molecule has 0 saturated heterocycles. The fourth-order valence-corrected chi connectivity index (χ4v) is 3.16. The van der Waals surface area contributed by atoms with Crippen LogP contribution in [0.3, 0.4) is 0 Å². The highest BCUT2D eigenvalue weighted by molar-refractivity contribution is 5.94. The van der Waals surface area contributed by atoms with Crippen LogP contribution in [0.1, 0.15) is 31.0 Å². The highest BCUT2D eigenvalue weighted by Crippen LogP contribution is 2.30. The van der Waals surface area contributed by atoms with Crippen LogP contribution >= 0.6 is 0 Å². The molecule has 0 radical (unpaired) electrons. The zero-order chi connectivity index (χ0) is 17.4. The van der Waals surface area contributed by atoms with Crippen LogP contribution in [-0.2, 0) is 6.54 Å². The Labute approximate surface area is 147 Å². The summed E-state index contributed by atoms with van der Waals surface area (Å²) in [4.78, 5) is 9.12. The first-order valence-electron chi connectivity index (χ1n) is 8.52. The van der Waals surface area contributed by atoms with Gasteiger partial charge >= 0.3 is 0 Å². The van der Waals surface area contributed by atoms with Crippen molar-refractivity contribution in [2.24, 2.45) is 0 Å². The van der Waals surface area contributed by atoms with Gasteiger partial charge in [-0.2, -0.15) is 5.10 Å². The van der Waals surface area contributed by atoms with E-state index in [0.29, 0.717) is 6.04 Å². The van der Waals surface area contributed by atoms with E-state index in [2.05, 4.69) is 64.8 Å². The SMILES string of the molecule is Cc1ccc2ncccc2c1-c1nccn1Cc1cnn(C(C)C)c1. The smallest absolute Gasteiger partial charge is 0.141 e. The zero-order valence-electron chi connectivity index (χ0n) is 14.7. The van der Waals surface area contributed by atoms with E-state index in [4.69, 9.17) is 0 Å². The number of aromatic nitrogens is 5. The average Bonchev–Trinajstić information content (AvgIpc) is 3.25. The van der Waals surface area contributed by atoms with Crippen LogP contribution in [0.2, 0.25) is 0 Å². The molecule has 0 aliphatic heterocycles. The van der Waals surface area contributed by atoms with Crippen molar-refractivity contribution in [3.63, 3.8) is 0 Å². The third kappa shape index (κ3) is 2.82. The first-order chi connectivity index (χ1) is 12.1. The monoisotopic (exact) mass is 331 g/mol. The fourth-order valence-electron chi connectivity index (χ4n) is 3.16. The number of pyridine rings is 1. The zero-order valence-corrected chi connectivity index (χ0v) is 14.7. The van der Waals surface area contributed by atoms with Gasteiger partial charge in [0, 0.05) is 47.3 Å². The number of nitrogens with zero attached hydrogens (tertiary/aromatic N) is 5. The second-order valence-corrected chi connectivity index (χ2v) is 6.63. The Balaban J connectivity index is 1.78. The van der Waals surface area contributed by atoms with Crippen molar-refractivity contribution in [2.45, 2.75) is 33.4 Å². The second-order valence-electron chi connectivity index (χ2n) is 6.63. The minimum absolute atomic E-state index is 0.363. The summed E-state index contributed by atoms with van der Waals surface area (Å²) < 4.78 is 4.16. The Morgan fingerprint density at radius 2 is 1.96 bits per heavy atom. The summed E-state index contributed by atoms with van der Waals surface area (Å²) in [6.45, 7) is 7.13. The molecule has 4 aromatic rings. The van der Waals surface area contributed by atoms with Crippen molar-refractivity contribution in [3.05, 3.63) is 66.4 Å². The maximum absolute atomic E-state index is 4.64. The van der Waals surface area contributed by atoms with Crippen molar-refractivity contribution in [1.29, 1.82) is 0 Å². The normalized spacial score (nSPS) is 11.5. The molecular weight excluding hydrogens is 310 g/mol. The molecule has 0 amide bonds. The van der Waals surface area contributed by atoms with Crippen LogP contribution in [0.5, 0.6) is 0 Å². The van der Waals surface area contributed by atoms with E-state index in [-0.39, 0.29) is 0 Å². The average molecular weight is 331 g/mol. The van der Waals surface area contributed by atoms with E-state index < -0.39 is 0 Å². The fraction of sp³-hybridized carbons (Fsp3) is 0.250. The molecule has 3 aromatic heterocycles. The van der Waals surface area contributed by atoms with E-state index in [1.807, 2.05) is 35.5 Å². The number of rotatable bonds is 4. The number of hydrogen-bond acceptors (Lipinski definition) is 3. The molecule has 0 aliphatic rings. The Hall–Kier alpha value is -2.95. The van der Waals surface area contributed by atoms with Gasteiger partial charge < -0.3 is 4.57 Å². The van der Waals surface area contributed by atoms with Crippen molar-refractivity contribution < 1.29 is 0 Å². The quantitative estimate of drug-likeness (QED) is 0.562. The summed E-state index contributed by atoms with van der Waals surface area (Å²) in [5, 5.41) is 5.57.